The van der Waals surface area contributed by atoms with Crippen molar-refractivity contribution in [1.29, 1.82) is 0 Å². The lowest BCUT2D eigenvalue weighted by molar-refractivity contribution is -0.111. The molecule has 4 aromatic rings. The second kappa shape index (κ2) is 10.5. The van der Waals surface area contributed by atoms with Gasteiger partial charge < -0.3 is 14.5 Å². The number of carbonyl (C=O) groups is 1. The number of fused-ring (bicyclic) bond motifs is 1. The number of hydrogen-bond donors (Lipinski definition) is 1. The molecule has 7 heteroatoms. The number of anilines is 1. The molecule has 4 rings (SSSR count). The third-order valence-electron chi connectivity index (χ3n) is 5.99. The number of aryl methyl sites for hydroxylation is 1. The van der Waals surface area contributed by atoms with Crippen LogP contribution >= 0.6 is 23.2 Å². The SMILES string of the molecule is CC[C@@H](C)c1ccc2oc(-c3ccc(C)c(NC(=O)/C=C/c4cc(Cl)cc(Cl)c4OC)c3)nc2c1. The van der Waals surface area contributed by atoms with Crippen LogP contribution in [0.3, 0.4) is 0 Å². The van der Waals surface area contributed by atoms with E-state index in [1.54, 1.807) is 18.2 Å². The Morgan fingerprint density at radius 3 is 2.71 bits per heavy atom. The van der Waals surface area contributed by atoms with Gasteiger partial charge in [0.05, 0.1) is 12.1 Å². The third kappa shape index (κ3) is 5.53. The molecule has 0 unspecified atom stereocenters. The van der Waals surface area contributed by atoms with Crippen molar-refractivity contribution in [2.45, 2.75) is 33.1 Å². The van der Waals surface area contributed by atoms with Gasteiger partial charge in [0, 0.05) is 27.9 Å². The molecule has 5 nitrogen and oxygen atoms in total. The van der Waals surface area contributed by atoms with Crippen LogP contribution in [0.25, 0.3) is 28.6 Å². The van der Waals surface area contributed by atoms with E-state index < -0.39 is 0 Å². The number of carbonyl (C=O) groups excluding carboxylic acids is 1. The number of hydrogen-bond acceptors (Lipinski definition) is 4. The van der Waals surface area contributed by atoms with Crippen molar-refractivity contribution in [2.75, 3.05) is 12.4 Å². The van der Waals surface area contributed by atoms with Gasteiger partial charge in [-0.05, 0) is 72.9 Å². The molecule has 1 heterocycles. The molecule has 0 aliphatic rings. The highest BCUT2D eigenvalue weighted by Crippen LogP contribution is 2.33. The molecular formula is C28H26Cl2N2O3. The Hall–Kier alpha value is -3.28. The van der Waals surface area contributed by atoms with Crippen molar-refractivity contribution >= 4 is 52.0 Å². The summed E-state index contributed by atoms with van der Waals surface area (Å²) in [5, 5.41) is 3.75. The van der Waals surface area contributed by atoms with Crippen LogP contribution in [-0.2, 0) is 4.79 Å². The number of aromatic nitrogens is 1. The van der Waals surface area contributed by atoms with Gasteiger partial charge in [-0.3, -0.25) is 4.79 Å². The molecule has 0 bridgehead atoms. The predicted octanol–water partition coefficient (Wildman–Crippen LogP) is 8.28. The minimum Gasteiger partial charge on any atom is -0.495 e. The van der Waals surface area contributed by atoms with E-state index in [2.05, 4.69) is 36.3 Å². The molecule has 1 amide bonds. The molecule has 0 saturated heterocycles. The molecule has 0 saturated carbocycles. The number of nitrogens with zero attached hydrogens (tertiary/aromatic N) is 1. The van der Waals surface area contributed by atoms with E-state index in [1.165, 1.54) is 18.7 Å². The Morgan fingerprint density at radius 1 is 1.17 bits per heavy atom. The summed E-state index contributed by atoms with van der Waals surface area (Å²) in [5.41, 5.74) is 5.75. The number of benzene rings is 3. The van der Waals surface area contributed by atoms with Gasteiger partial charge in [0.15, 0.2) is 5.58 Å². The largest absolute Gasteiger partial charge is 0.495 e. The number of halogens is 2. The van der Waals surface area contributed by atoms with E-state index in [0.29, 0.717) is 38.9 Å². The summed E-state index contributed by atoms with van der Waals surface area (Å²) in [6.07, 6.45) is 4.08. The van der Waals surface area contributed by atoms with Gasteiger partial charge in [-0.1, -0.05) is 49.2 Å². The van der Waals surface area contributed by atoms with Gasteiger partial charge in [-0.25, -0.2) is 4.98 Å². The number of methoxy groups -OCH3 is 1. The maximum atomic E-state index is 12.7. The van der Waals surface area contributed by atoms with Crippen molar-refractivity contribution < 1.29 is 13.9 Å². The average Bonchev–Trinajstić information content (AvgIpc) is 3.26. The number of rotatable bonds is 7. The summed E-state index contributed by atoms with van der Waals surface area (Å²) < 4.78 is 11.3. The summed E-state index contributed by atoms with van der Waals surface area (Å²) in [7, 11) is 1.51. The highest BCUT2D eigenvalue weighted by molar-refractivity contribution is 6.36. The molecule has 0 radical (unpaired) electrons. The van der Waals surface area contributed by atoms with E-state index in [9.17, 15) is 4.79 Å². The molecular weight excluding hydrogens is 483 g/mol. The first-order valence-electron chi connectivity index (χ1n) is 11.3. The van der Waals surface area contributed by atoms with Crippen molar-refractivity contribution in [1.82, 2.24) is 4.98 Å². The molecule has 1 N–H and O–H groups in total. The molecule has 1 atom stereocenters. The minimum absolute atomic E-state index is 0.306. The van der Waals surface area contributed by atoms with Gasteiger partial charge >= 0.3 is 0 Å². The Kier molecular flexibility index (Phi) is 7.48. The minimum atomic E-state index is -0.306. The maximum absolute atomic E-state index is 12.7. The molecule has 0 aliphatic heterocycles. The predicted molar refractivity (Wildman–Crippen MR) is 144 cm³/mol. The molecule has 1 aromatic heterocycles. The van der Waals surface area contributed by atoms with Crippen LogP contribution in [0.4, 0.5) is 5.69 Å². The van der Waals surface area contributed by atoms with Crippen molar-refractivity contribution in [3.63, 3.8) is 0 Å². The molecule has 0 aliphatic carbocycles. The Labute approximate surface area is 214 Å². The van der Waals surface area contributed by atoms with Crippen LogP contribution in [0.2, 0.25) is 10.0 Å². The maximum Gasteiger partial charge on any atom is 0.248 e. The monoisotopic (exact) mass is 508 g/mol. The smallest absolute Gasteiger partial charge is 0.248 e. The van der Waals surface area contributed by atoms with E-state index in [1.807, 2.05) is 31.2 Å². The topological polar surface area (TPSA) is 64.4 Å². The quantitative estimate of drug-likeness (QED) is 0.255. The van der Waals surface area contributed by atoms with Gasteiger partial charge in [-0.2, -0.15) is 0 Å². The van der Waals surface area contributed by atoms with Crippen molar-refractivity contribution in [2.24, 2.45) is 0 Å². The fourth-order valence-electron chi connectivity index (χ4n) is 3.76. The van der Waals surface area contributed by atoms with Gasteiger partial charge in [0.25, 0.3) is 0 Å². The van der Waals surface area contributed by atoms with Gasteiger partial charge in [-0.15, -0.1) is 0 Å². The fraction of sp³-hybridized carbons (Fsp3) is 0.214. The number of amides is 1. The first-order valence-corrected chi connectivity index (χ1v) is 12.1. The summed E-state index contributed by atoms with van der Waals surface area (Å²) in [4.78, 5) is 17.4. The zero-order valence-electron chi connectivity index (χ0n) is 20.0. The van der Waals surface area contributed by atoms with Crippen molar-refractivity contribution in [3.05, 3.63) is 81.3 Å². The molecule has 3 aromatic carbocycles. The molecule has 0 spiro atoms. The summed E-state index contributed by atoms with van der Waals surface area (Å²) >= 11 is 12.3. The number of nitrogens with one attached hydrogen (secondary N) is 1. The first kappa shape index (κ1) is 24.8. The van der Waals surface area contributed by atoms with E-state index in [0.717, 1.165) is 28.6 Å². The first-order chi connectivity index (χ1) is 16.8. The van der Waals surface area contributed by atoms with Gasteiger partial charge in [0.1, 0.15) is 11.3 Å². The van der Waals surface area contributed by atoms with E-state index >= 15 is 0 Å². The summed E-state index contributed by atoms with van der Waals surface area (Å²) in [5.74, 6) is 1.10. The molecule has 35 heavy (non-hydrogen) atoms. The summed E-state index contributed by atoms with van der Waals surface area (Å²) in [6.45, 7) is 6.29. The highest BCUT2D eigenvalue weighted by atomic mass is 35.5. The van der Waals surface area contributed by atoms with Crippen LogP contribution < -0.4 is 10.1 Å². The zero-order valence-corrected chi connectivity index (χ0v) is 21.5. The average molecular weight is 509 g/mol. The lowest BCUT2D eigenvalue weighted by Crippen LogP contribution is -2.09. The molecule has 180 valence electrons. The second-order valence-corrected chi connectivity index (χ2v) is 9.26. The zero-order chi connectivity index (χ0) is 25.1. The van der Waals surface area contributed by atoms with E-state index in [-0.39, 0.29) is 5.91 Å². The van der Waals surface area contributed by atoms with E-state index in [4.69, 9.17) is 32.4 Å². The normalized spacial score (nSPS) is 12.3. The van der Waals surface area contributed by atoms with Crippen LogP contribution in [-0.4, -0.2) is 18.0 Å². The Balaban J connectivity index is 1.57. The third-order valence-corrected chi connectivity index (χ3v) is 6.49. The lowest BCUT2D eigenvalue weighted by atomic mass is 9.98. The standard InChI is InChI=1S/C28H26Cl2N2O3/c1-5-16(2)18-8-10-25-24(13-18)32-28(35-25)20-7-6-17(3)23(14-20)31-26(33)11-9-19-12-21(29)15-22(30)27(19)34-4/h6-16H,5H2,1-4H3,(H,31,33)/b11-9+/t16-/m1/s1. The highest BCUT2D eigenvalue weighted by Gasteiger charge is 2.13. The van der Waals surface area contributed by atoms with Crippen molar-refractivity contribution in [3.8, 4) is 17.2 Å². The number of ether oxygens (including phenoxy) is 1. The lowest BCUT2D eigenvalue weighted by Gasteiger charge is -2.09. The van der Waals surface area contributed by atoms with Crippen LogP contribution in [0.15, 0.2) is 59.0 Å². The Morgan fingerprint density at radius 2 is 1.97 bits per heavy atom. The summed E-state index contributed by atoms with van der Waals surface area (Å²) in [6, 6.07) is 15.1. The Bertz CT molecular complexity index is 1430. The second-order valence-electron chi connectivity index (χ2n) is 8.42. The van der Waals surface area contributed by atoms with Crippen LogP contribution in [0.5, 0.6) is 5.75 Å². The fourth-order valence-corrected chi connectivity index (χ4v) is 4.35. The number of oxazole rings is 1. The van der Waals surface area contributed by atoms with Crippen LogP contribution in [0.1, 0.15) is 42.9 Å². The van der Waals surface area contributed by atoms with Gasteiger partial charge in [0.2, 0.25) is 11.8 Å². The molecule has 0 fully saturated rings. The van der Waals surface area contributed by atoms with Crippen LogP contribution in [0, 0.1) is 6.92 Å².